The number of aromatic nitrogens is 4. The summed E-state index contributed by atoms with van der Waals surface area (Å²) in [5, 5.41) is 7.49. The fraction of sp³-hybridized carbons (Fsp3) is 0.538. The summed E-state index contributed by atoms with van der Waals surface area (Å²) in [6.45, 7) is 2.24. The summed E-state index contributed by atoms with van der Waals surface area (Å²) in [5.74, 6) is -1.12. The number of amides is 1. The maximum atomic E-state index is 13.1. The van der Waals surface area contributed by atoms with Gasteiger partial charge in [0.1, 0.15) is 11.0 Å². The highest BCUT2D eigenvalue weighted by molar-refractivity contribution is 7.91. The normalized spacial score (nSPS) is 20.5. The van der Waals surface area contributed by atoms with Gasteiger partial charge < -0.3 is 5.32 Å². The molecule has 3 aromatic heterocycles. The molecule has 0 radical (unpaired) electrons. The van der Waals surface area contributed by atoms with Crippen molar-refractivity contribution in [2.75, 3.05) is 5.75 Å². The lowest BCUT2D eigenvalue weighted by Gasteiger charge is -2.30. The molecule has 0 bridgehead atoms. The SMILES string of the molecule is CCS(=O)(=O)c1ccc(CNC(=O)c2cnc3c(C4CC4)n(CC4CCC(C(F)(F)F)CC4)nc3c2)nc1. The Hall–Kier alpha value is -3.02. The van der Waals surface area contributed by atoms with Crippen molar-refractivity contribution in [1.82, 2.24) is 25.1 Å². The van der Waals surface area contributed by atoms with Crippen LogP contribution in [0.4, 0.5) is 13.2 Å². The molecule has 8 nitrogen and oxygen atoms in total. The summed E-state index contributed by atoms with van der Waals surface area (Å²) < 4.78 is 65.0. The Morgan fingerprint density at radius 3 is 2.42 bits per heavy atom. The van der Waals surface area contributed by atoms with Crippen LogP contribution in [0.3, 0.4) is 0 Å². The van der Waals surface area contributed by atoms with E-state index in [4.69, 9.17) is 5.10 Å². The molecule has 204 valence electrons. The lowest BCUT2D eigenvalue weighted by atomic mass is 9.81. The van der Waals surface area contributed by atoms with Crippen molar-refractivity contribution in [2.24, 2.45) is 11.8 Å². The molecule has 2 aliphatic carbocycles. The van der Waals surface area contributed by atoms with E-state index in [-0.39, 0.29) is 41.9 Å². The predicted molar refractivity (Wildman–Crippen MR) is 134 cm³/mol. The summed E-state index contributed by atoms with van der Waals surface area (Å²) in [6, 6.07) is 4.73. The van der Waals surface area contributed by atoms with Gasteiger partial charge in [0.2, 0.25) is 0 Å². The van der Waals surface area contributed by atoms with Crippen molar-refractivity contribution in [3.63, 3.8) is 0 Å². The number of rotatable bonds is 8. The Labute approximate surface area is 219 Å². The van der Waals surface area contributed by atoms with E-state index >= 15 is 0 Å². The molecule has 3 heterocycles. The molecule has 0 saturated heterocycles. The second-order valence-electron chi connectivity index (χ2n) is 10.3. The third kappa shape index (κ3) is 5.69. The lowest BCUT2D eigenvalue weighted by Crippen LogP contribution is -2.29. The molecule has 0 unspecified atom stereocenters. The second-order valence-corrected chi connectivity index (χ2v) is 12.5. The summed E-state index contributed by atoms with van der Waals surface area (Å²) in [6.07, 6.45) is 2.07. The molecule has 0 atom stereocenters. The second kappa shape index (κ2) is 10.3. The van der Waals surface area contributed by atoms with Gasteiger partial charge in [0.05, 0.1) is 40.1 Å². The minimum absolute atomic E-state index is 0.0162. The largest absolute Gasteiger partial charge is 0.391 e. The number of fused-ring (bicyclic) bond motifs is 1. The number of alkyl halides is 3. The topological polar surface area (TPSA) is 107 Å². The molecule has 0 spiro atoms. The van der Waals surface area contributed by atoms with E-state index in [0.29, 0.717) is 42.1 Å². The molecular weight excluding hydrogens is 519 g/mol. The molecule has 12 heteroatoms. The first kappa shape index (κ1) is 26.6. The van der Waals surface area contributed by atoms with E-state index in [1.165, 1.54) is 18.5 Å². The summed E-state index contributed by atoms with van der Waals surface area (Å²) in [5.41, 5.74) is 3.19. The molecule has 1 N–H and O–H groups in total. The fourth-order valence-corrected chi connectivity index (χ4v) is 5.94. The Bertz CT molecular complexity index is 1420. The number of hydrogen-bond donors (Lipinski definition) is 1. The molecular formula is C26H30F3N5O3S. The number of hydrogen-bond acceptors (Lipinski definition) is 6. The summed E-state index contributed by atoms with van der Waals surface area (Å²) in [7, 11) is -3.34. The van der Waals surface area contributed by atoms with Gasteiger partial charge >= 0.3 is 6.18 Å². The Kier molecular flexibility index (Phi) is 7.19. The molecule has 5 rings (SSSR count). The monoisotopic (exact) mass is 549 g/mol. The number of carbonyl (C=O) groups is 1. The number of sulfone groups is 1. The van der Waals surface area contributed by atoms with Crippen LogP contribution in [0.25, 0.3) is 11.0 Å². The quantitative estimate of drug-likeness (QED) is 0.433. The summed E-state index contributed by atoms with van der Waals surface area (Å²) in [4.78, 5) is 21.6. The van der Waals surface area contributed by atoms with E-state index in [0.717, 1.165) is 24.1 Å². The Morgan fingerprint density at radius 2 is 1.82 bits per heavy atom. The smallest absolute Gasteiger partial charge is 0.346 e. The van der Waals surface area contributed by atoms with E-state index in [9.17, 15) is 26.4 Å². The first-order valence-corrected chi connectivity index (χ1v) is 14.6. The highest BCUT2D eigenvalue weighted by atomic mass is 32.2. The van der Waals surface area contributed by atoms with Gasteiger partial charge in [0, 0.05) is 24.9 Å². The van der Waals surface area contributed by atoms with Crippen LogP contribution in [-0.2, 0) is 22.9 Å². The van der Waals surface area contributed by atoms with Crippen molar-refractivity contribution in [3.05, 3.63) is 47.5 Å². The maximum Gasteiger partial charge on any atom is 0.391 e. The minimum Gasteiger partial charge on any atom is -0.346 e. The molecule has 0 aromatic carbocycles. The number of nitrogens with zero attached hydrogens (tertiary/aromatic N) is 4. The number of nitrogens with one attached hydrogen (secondary N) is 1. The van der Waals surface area contributed by atoms with Crippen LogP contribution < -0.4 is 5.32 Å². The zero-order valence-electron chi connectivity index (χ0n) is 21.0. The Morgan fingerprint density at radius 1 is 1.08 bits per heavy atom. The lowest BCUT2D eigenvalue weighted by molar-refractivity contribution is -0.184. The van der Waals surface area contributed by atoms with Crippen molar-refractivity contribution < 1.29 is 26.4 Å². The average molecular weight is 550 g/mol. The van der Waals surface area contributed by atoms with E-state index in [1.54, 1.807) is 19.1 Å². The first-order chi connectivity index (χ1) is 18.0. The van der Waals surface area contributed by atoms with Crippen LogP contribution in [0.2, 0.25) is 0 Å². The van der Waals surface area contributed by atoms with Gasteiger partial charge in [0.15, 0.2) is 9.84 Å². The maximum absolute atomic E-state index is 13.1. The van der Waals surface area contributed by atoms with Gasteiger partial charge in [0.25, 0.3) is 5.91 Å². The van der Waals surface area contributed by atoms with Crippen LogP contribution >= 0.6 is 0 Å². The highest BCUT2D eigenvalue weighted by Crippen LogP contribution is 2.44. The van der Waals surface area contributed by atoms with Crippen molar-refractivity contribution >= 4 is 26.8 Å². The standard InChI is InChI=1S/C26H30F3N5O3S/c1-2-38(36,37)21-10-9-20(30-14-21)13-32-25(35)18-11-22-23(31-12-18)24(17-5-6-17)34(33-22)15-16-3-7-19(8-4-16)26(27,28)29/h9-12,14,16-17,19H,2-8,13,15H2,1H3,(H,32,35). The summed E-state index contributed by atoms with van der Waals surface area (Å²) >= 11 is 0. The molecule has 3 aromatic rings. The van der Waals surface area contributed by atoms with Crippen LogP contribution in [0, 0.1) is 11.8 Å². The number of halogens is 3. The third-order valence-electron chi connectivity index (χ3n) is 7.55. The zero-order chi connectivity index (χ0) is 27.1. The van der Waals surface area contributed by atoms with E-state index in [1.807, 2.05) is 4.68 Å². The van der Waals surface area contributed by atoms with Gasteiger partial charge in [-0.05, 0) is 62.6 Å². The van der Waals surface area contributed by atoms with Crippen molar-refractivity contribution in [2.45, 2.75) is 75.5 Å². The molecule has 38 heavy (non-hydrogen) atoms. The molecule has 2 fully saturated rings. The Balaban J connectivity index is 1.27. The van der Waals surface area contributed by atoms with E-state index in [2.05, 4.69) is 15.3 Å². The van der Waals surface area contributed by atoms with Crippen molar-refractivity contribution in [3.8, 4) is 0 Å². The first-order valence-electron chi connectivity index (χ1n) is 12.9. The molecule has 2 saturated carbocycles. The van der Waals surface area contributed by atoms with E-state index < -0.39 is 21.9 Å². The van der Waals surface area contributed by atoms with Crippen LogP contribution in [0.15, 0.2) is 35.5 Å². The fourth-order valence-electron chi connectivity index (χ4n) is 5.11. The van der Waals surface area contributed by atoms with Gasteiger partial charge in [-0.25, -0.2) is 8.42 Å². The number of carbonyl (C=O) groups excluding carboxylic acids is 1. The highest BCUT2D eigenvalue weighted by Gasteiger charge is 2.41. The van der Waals surface area contributed by atoms with Crippen LogP contribution in [0.1, 0.15) is 73.1 Å². The van der Waals surface area contributed by atoms with Crippen molar-refractivity contribution in [1.29, 1.82) is 0 Å². The molecule has 2 aliphatic rings. The predicted octanol–water partition coefficient (Wildman–Crippen LogP) is 4.80. The third-order valence-corrected chi connectivity index (χ3v) is 9.27. The molecule has 0 aliphatic heterocycles. The number of pyridine rings is 2. The van der Waals surface area contributed by atoms with Gasteiger partial charge in [-0.1, -0.05) is 6.92 Å². The van der Waals surface area contributed by atoms with Gasteiger partial charge in [-0.2, -0.15) is 18.3 Å². The van der Waals surface area contributed by atoms with Crippen LogP contribution in [-0.4, -0.2) is 46.0 Å². The van der Waals surface area contributed by atoms with Gasteiger partial charge in [-0.15, -0.1) is 0 Å². The molecule has 1 amide bonds. The van der Waals surface area contributed by atoms with Gasteiger partial charge in [-0.3, -0.25) is 19.4 Å². The van der Waals surface area contributed by atoms with Crippen LogP contribution in [0.5, 0.6) is 0 Å². The average Bonchev–Trinajstić information content (AvgIpc) is 3.67. The zero-order valence-corrected chi connectivity index (χ0v) is 21.9. The minimum atomic E-state index is -4.12.